The van der Waals surface area contributed by atoms with Crippen molar-refractivity contribution in [2.45, 2.75) is 32.6 Å². The molecule has 1 unspecified atom stereocenters. The summed E-state index contributed by atoms with van der Waals surface area (Å²) < 4.78 is 6.68. The van der Waals surface area contributed by atoms with Crippen molar-refractivity contribution in [1.82, 2.24) is 0 Å². The van der Waals surface area contributed by atoms with Gasteiger partial charge in [-0.25, -0.2) is 0 Å². The lowest BCUT2D eigenvalue weighted by Gasteiger charge is -2.13. The second-order valence-electron chi connectivity index (χ2n) is 4.73. The number of Topliss-reactive ketones (excluding diaryl/α,β-unsaturated/α-hetero) is 1. The van der Waals surface area contributed by atoms with Gasteiger partial charge in [0, 0.05) is 16.8 Å². The molecular weight excluding hydrogens is 316 g/mol. The molecule has 1 aliphatic rings. The molecule has 1 saturated carbocycles. The van der Waals surface area contributed by atoms with E-state index in [1.807, 2.05) is 19.1 Å². The average Bonchev–Trinajstić information content (AvgIpc) is 2.68. The number of aryl methyl sites for hydroxylation is 1. The van der Waals surface area contributed by atoms with Crippen LogP contribution in [0.15, 0.2) is 16.6 Å². The summed E-state index contributed by atoms with van der Waals surface area (Å²) in [6.07, 6.45) is 3.57. The maximum atomic E-state index is 11.5. The molecule has 0 aromatic heterocycles. The van der Waals surface area contributed by atoms with Gasteiger partial charge < -0.3 is 4.74 Å². The average molecular weight is 332 g/mol. The number of carbonyl (C=O) groups is 1. The Morgan fingerprint density at radius 2 is 2.28 bits per heavy atom. The Morgan fingerprint density at radius 1 is 1.50 bits per heavy atom. The minimum Gasteiger partial charge on any atom is -0.492 e. The second-order valence-corrected chi connectivity index (χ2v) is 6.05. The van der Waals surface area contributed by atoms with Gasteiger partial charge in [0.15, 0.2) is 0 Å². The Bertz CT molecular complexity index is 436. The number of benzene rings is 1. The molecule has 1 atom stereocenters. The fourth-order valence-corrected chi connectivity index (χ4v) is 3.39. The number of hydrogen-bond acceptors (Lipinski definition) is 2. The third kappa shape index (κ3) is 3.27. The lowest BCUT2D eigenvalue weighted by Crippen LogP contribution is -2.11. The molecule has 2 rings (SSSR count). The van der Waals surface area contributed by atoms with Gasteiger partial charge in [0.25, 0.3) is 0 Å². The van der Waals surface area contributed by atoms with E-state index in [-0.39, 0.29) is 5.92 Å². The second kappa shape index (κ2) is 6.07. The maximum Gasteiger partial charge on any atom is 0.140 e. The predicted molar refractivity (Wildman–Crippen MR) is 76.3 cm³/mol. The molecule has 98 valence electrons. The molecule has 18 heavy (non-hydrogen) atoms. The Kier molecular flexibility index (Phi) is 4.68. The SMILES string of the molecule is Cc1cc(Br)cc(Cl)c1OCCC1CCCC1=O. The number of hydrogen-bond donors (Lipinski definition) is 0. The third-order valence-corrected chi connectivity index (χ3v) is 4.08. The van der Waals surface area contributed by atoms with Gasteiger partial charge in [-0.05, 0) is 43.9 Å². The number of ether oxygens (including phenoxy) is 1. The third-order valence-electron chi connectivity index (χ3n) is 3.34. The quantitative estimate of drug-likeness (QED) is 0.809. The zero-order chi connectivity index (χ0) is 13.1. The van der Waals surface area contributed by atoms with Gasteiger partial charge in [0.2, 0.25) is 0 Å². The number of halogens is 2. The molecular formula is C14H16BrClO2. The predicted octanol–water partition coefficient (Wildman–Crippen LogP) is 4.55. The van der Waals surface area contributed by atoms with Crippen LogP contribution in [0.5, 0.6) is 5.75 Å². The van der Waals surface area contributed by atoms with Crippen molar-refractivity contribution in [2.75, 3.05) is 6.61 Å². The normalized spacial score (nSPS) is 19.3. The van der Waals surface area contributed by atoms with Crippen molar-refractivity contribution in [3.63, 3.8) is 0 Å². The van der Waals surface area contributed by atoms with Crippen LogP contribution in [0, 0.1) is 12.8 Å². The lowest BCUT2D eigenvalue weighted by molar-refractivity contribution is -0.121. The highest BCUT2D eigenvalue weighted by atomic mass is 79.9. The van der Waals surface area contributed by atoms with Gasteiger partial charge in [-0.1, -0.05) is 27.5 Å². The van der Waals surface area contributed by atoms with Gasteiger partial charge in [0.05, 0.1) is 11.6 Å². The maximum absolute atomic E-state index is 11.5. The van der Waals surface area contributed by atoms with Gasteiger partial charge in [-0.15, -0.1) is 0 Å². The van der Waals surface area contributed by atoms with E-state index in [1.54, 1.807) is 0 Å². The Balaban J connectivity index is 1.92. The molecule has 0 radical (unpaired) electrons. The smallest absolute Gasteiger partial charge is 0.140 e. The van der Waals surface area contributed by atoms with Gasteiger partial charge in [-0.3, -0.25) is 4.79 Å². The molecule has 0 N–H and O–H groups in total. The first-order chi connectivity index (χ1) is 8.58. The van der Waals surface area contributed by atoms with Crippen LogP contribution in [0.25, 0.3) is 0 Å². The Morgan fingerprint density at radius 3 is 2.89 bits per heavy atom. The first-order valence-electron chi connectivity index (χ1n) is 6.19. The summed E-state index contributed by atoms with van der Waals surface area (Å²) in [5, 5.41) is 0.611. The summed E-state index contributed by atoms with van der Waals surface area (Å²) in [4.78, 5) is 11.5. The molecule has 1 fully saturated rings. The standard InChI is InChI=1S/C14H16BrClO2/c1-9-7-11(15)8-12(16)14(9)18-6-5-10-3-2-4-13(10)17/h7-8,10H,2-6H2,1H3. The molecule has 0 bridgehead atoms. The van der Waals surface area contributed by atoms with E-state index < -0.39 is 0 Å². The summed E-state index contributed by atoms with van der Waals surface area (Å²) in [5.41, 5.74) is 1.01. The van der Waals surface area contributed by atoms with Gasteiger partial charge in [-0.2, -0.15) is 0 Å². The van der Waals surface area contributed by atoms with E-state index in [2.05, 4.69) is 15.9 Å². The minimum absolute atomic E-state index is 0.194. The highest BCUT2D eigenvalue weighted by molar-refractivity contribution is 9.10. The van der Waals surface area contributed by atoms with Crippen LogP contribution in [-0.2, 0) is 4.79 Å². The Hall–Kier alpha value is -0.540. The van der Waals surface area contributed by atoms with Crippen LogP contribution in [0.4, 0.5) is 0 Å². The monoisotopic (exact) mass is 330 g/mol. The van der Waals surface area contributed by atoms with Crippen LogP contribution in [-0.4, -0.2) is 12.4 Å². The first kappa shape index (κ1) is 13.9. The van der Waals surface area contributed by atoms with Crippen molar-refractivity contribution in [2.24, 2.45) is 5.92 Å². The lowest BCUT2D eigenvalue weighted by atomic mass is 10.0. The fraction of sp³-hybridized carbons (Fsp3) is 0.500. The molecule has 0 saturated heterocycles. The van der Waals surface area contributed by atoms with Crippen molar-refractivity contribution in [3.8, 4) is 5.75 Å². The highest BCUT2D eigenvalue weighted by Gasteiger charge is 2.24. The van der Waals surface area contributed by atoms with Crippen molar-refractivity contribution < 1.29 is 9.53 Å². The van der Waals surface area contributed by atoms with Crippen LogP contribution in [0.2, 0.25) is 5.02 Å². The number of rotatable bonds is 4. The molecule has 1 aliphatic carbocycles. The van der Waals surface area contributed by atoms with Crippen LogP contribution in [0.3, 0.4) is 0 Å². The van der Waals surface area contributed by atoms with Crippen molar-refractivity contribution in [1.29, 1.82) is 0 Å². The van der Waals surface area contributed by atoms with E-state index in [1.165, 1.54) is 0 Å². The zero-order valence-electron chi connectivity index (χ0n) is 10.3. The van der Waals surface area contributed by atoms with Crippen LogP contribution in [0.1, 0.15) is 31.2 Å². The topological polar surface area (TPSA) is 26.3 Å². The first-order valence-corrected chi connectivity index (χ1v) is 7.36. The van der Waals surface area contributed by atoms with Gasteiger partial charge in [0.1, 0.15) is 11.5 Å². The molecule has 0 heterocycles. The van der Waals surface area contributed by atoms with Crippen LogP contribution < -0.4 is 4.74 Å². The highest BCUT2D eigenvalue weighted by Crippen LogP contribution is 2.32. The minimum atomic E-state index is 0.194. The van der Waals surface area contributed by atoms with E-state index >= 15 is 0 Å². The molecule has 0 amide bonds. The van der Waals surface area contributed by atoms with E-state index in [9.17, 15) is 4.79 Å². The van der Waals surface area contributed by atoms with Gasteiger partial charge >= 0.3 is 0 Å². The summed E-state index contributed by atoms with van der Waals surface area (Å²) in [7, 11) is 0. The molecule has 0 spiro atoms. The zero-order valence-corrected chi connectivity index (χ0v) is 12.7. The molecule has 1 aromatic carbocycles. The molecule has 4 heteroatoms. The molecule has 0 aliphatic heterocycles. The summed E-state index contributed by atoms with van der Waals surface area (Å²) >= 11 is 9.53. The van der Waals surface area contributed by atoms with E-state index in [4.69, 9.17) is 16.3 Å². The Labute approximate surface area is 121 Å². The number of carbonyl (C=O) groups excluding carboxylic acids is 1. The summed E-state index contributed by atoms with van der Waals surface area (Å²) in [6.45, 7) is 2.52. The number of ketones is 1. The van der Waals surface area contributed by atoms with E-state index in [0.717, 1.165) is 41.5 Å². The molecule has 2 nitrogen and oxygen atoms in total. The van der Waals surface area contributed by atoms with Crippen molar-refractivity contribution >= 4 is 33.3 Å². The summed E-state index contributed by atoms with van der Waals surface area (Å²) in [5.74, 6) is 1.31. The van der Waals surface area contributed by atoms with Crippen LogP contribution >= 0.6 is 27.5 Å². The summed E-state index contributed by atoms with van der Waals surface area (Å²) in [6, 6.07) is 3.80. The fourth-order valence-electron chi connectivity index (χ4n) is 2.37. The largest absolute Gasteiger partial charge is 0.492 e. The van der Waals surface area contributed by atoms with Crippen molar-refractivity contribution in [3.05, 3.63) is 27.2 Å². The van der Waals surface area contributed by atoms with E-state index in [0.29, 0.717) is 17.4 Å². The molecule has 1 aromatic rings.